The van der Waals surface area contributed by atoms with Crippen molar-refractivity contribution in [1.29, 1.82) is 0 Å². The predicted octanol–water partition coefficient (Wildman–Crippen LogP) is 6.76. The third-order valence-corrected chi connectivity index (χ3v) is 6.30. The first-order valence-corrected chi connectivity index (χ1v) is 11.4. The Morgan fingerprint density at radius 2 is 1.57 bits per heavy atom. The van der Waals surface area contributed by atoms with Crippen molar-refractivity contribution in [2.24, 2.45) is 0 Å². The smallest absolute Gasteiger partial charge is 0.257 e. The molecule has 0 unspecified atom stereocenters. The van der Waals surface area contributed by atoms with Gasteiger partial charge in [-0.25, -0.2) is 8.42 Å². The van der Waals surface area contributed by atoms with Crippen LogP contribution in [0.3, 0.4) is 0 Å². The molecule has 0 spiro atoms. The van der Waals surface area contributed by atoms with Gasteiger partial charge in [0, 0.05) is 14.5 Å². The molecule has 0 fully saturated rings. The van der Waals surface area contributed by atoms with Crippen LogP contribution in [0.2, 0.25) is 10.0 Å². The molecular weight excluding hydrogens is 481 g/mol. The Kier molecular flexibility index (Phi) is 6.83. The number of sulfonamides is 1. The van der Waals surface area contributed by atoms with E-state index in [9.17, 15) is 8.42 Å². The van der Waals surface area contributed by atoms with Gasteiger partial charge in [-0.15, -0.1) is 0 Å². The van der Waals surface area contributed by atoms with Crippen LogP contribution in [0.4, 0.5) is 5.69 Å². The Morgan fingerprint density at radius 1 is 0.893 bits per heavy atom. The van der Waals surface area contributed by atoms with Gasteiger partial charge in [0.1, 0.15) is 0 Å². The standard InChI is InChI=1S/C21H16BrCl2NO2S/c22-18-6-1-5-17(12-18)15-25(21-9-3-8-20(24)14-21)28(26,27)11-10-16-4-2-7-19(23)13-16/h1-14H,15H2/b11-10+. The highest BCUT2D eigenvalue weighted by molar-refractivity contribution is 9.10. The zero-order valence-electron chi connectivity index (χ0n) is 14.6. The maximum absolute atomic E-state index is 13.1. The third kappa shape index (κ3) is 5.61. The van der Waals surface area contributed by atoms with Crippen molar-refractivity contribution in [3.63, 3.8) is 0 Å². The van der Waals surface area contributed by atoms with Crippen molar-refractivity contribution in [2.75, 3.05) is 4.31 Å². The quantitative estimate of drug-likeness (QED) is 0.377. The molecule has 0 saturated heterocycles. The van der Waals surface area contributed by atoms with Crippen LogP contribution in [-0.4, -0.2) is 8.42 Å². The molecule has 0 bridgehead atoms. The lowest BCUT2D eigenvalue weighted by Gasteiger charge is -2.23. The van der Waals surface area contributed by atoms with E-state index in [0.29, 0.717) is 21.3 Å². The van der Waals surface area contributed by atoms with Gasteiger partial charge in [0.15, 0.2) is 0 Å². The zero-order chi connectivity index (χ0) is 20.1. The number of anilines is 1. The van der Waals surface area contributed by atoms with Crippen LogP contribution < -0.4 is 4.31 Å². The number of hydrogen-bond acceptors (Lipinski definition) is 2. The maximum Gasteiger partial charge on any atom is 0.257 e. The summed E-state index contributed by atoms with van der Waals surface area (Å²) in [6.45, 7) is 0.169. The lowest BCUT2D eigenvalue weighted by atomic mass is 10.2. The fraction of sp³-hybridized carbons (Fsp3) is 0.0476. The normalized spacial score (nSPS) is 11.7. The van der Waals surface area contributed by atoms with E-state index in [1.165, 1.54) is 15.8 Å². The van der Waals surface area contributed by atoms with Crippen LogP contribution in [0.15, 0.2) is 82.7 Å². The van der Waals surface area contributed by atoms with Gasteiger partial charge in [-0.1, -0.05) is 69.5 Å². The van der Waals surface area contributed by atoms with E-state index >= 15 is 0 Å². The summed E-state index contributed by atoms with van der Waals surface area (Å²) in [7, 11) is -3.78. The number of hydrogen-bond donors (Lipinski definition) is 0. The van der Waals surface area contributed by atoms with E-state index in [1.54, 1.807) is 48.5 Å². The number of nitrogens with zero attached hydrogens (tertiary/aromatic N) is 1. The van der Waals surface area contributed by atoms with Gasteiger partial charge in [0.2, 0.25) is 0 Å². The minimum atomic E-state index is -3.78. The molecule has 0 saturated carbocycles. The van der Waals surface area contributed by atoms with Gasteiger partial charge in [0.25, 0.3) is 10.0 Å². The molecular formula is C21H16BrCl2NO2S. The fourth-order valence-electron chi connectivity index (χ4n) is 2.61. The molecule has 0 aliphatic rings. The van der Waals surface area contributed by atoms with Gasteiger partial charge < -0.3 is 0 Å². The van der Waals surface area contributed by atoms with Gasteiger partial charge in [-0.05, 0) is 59.7 Å². The van der Waals surface area contributed by atoms with Gasteiger partial charge in [-0.2, -0.15) is 0 Å². The number of halogens is 3. The molecule has 0 aromatic heterocycles. The minimum absolute atomic E-state index is 0.169. The molecule has 0 amide bonds. The van der Waals surface area contributed by atoms with Crippen molar-refractivity contribution in [3.05, 3.63) is 104 Å². The lowest BCUT2D eigenvalue weighted by molar-refractivity contribution is 0.599. The summed E-state index contributed by atoms with van der Waals surface area (Å²) in [6.07, 6.45) is 1.53. The summed E-state index contributed by atoms with van der Waals surface area (Å²) >= 11 is 15.5. The van der Waals surface area contributed by atoms with E-state index in [4.69, 9.17) is 23.2 Å². The van der Waals surface area contributed by atoms with Crippen molar-refractivity contribution < 1.29 is 8.42 Å². The Labute approximate surface area is 183 Å². The summed E-state index contributed by atoms with van der Waals surface area (Å²) in [5.41, 5.74) is 2.03. The molecule has 0 radical (unpaired) electrons. The largest absolute Gasteiger partial charge is 0.262 e. The van der Waals surface area contributed by atoms with E-state index in [1.807, 2.05) is 24.3 Å². The van der Waals surface area contributed by atoms with Gasteiger partial charge in [-0.3, -0.25) is 4.31 Å². The van der Waals surface area contributed by atoms with E-state index in [-0.39, 0.29) is 6.54 Å². The van der Waals surface area contributed by atoms with E-state index in [0.717, 1.165) is 10.0 Å². The lowest BCUT2D eigenvalue weighted by Crippen LogP contribution is -2.28. The predicted molar refractivity (Wildman–Crippen MR) is 121 cm³/mol. The van der Waals surface area contributed by atoms with Crippen LogP contribution in [0.1, 0.15) is 11.1 Å². The van der Waals surface area contributed by atoms with Crippen molar-refractivity contribution in [2.45, 2.75) is 6.54 Å². The Bertz CT molecular complexity index is 1120. The van der Waals surface area contributed by atoms with Crippen LogP contribution in [-0.2, 0) is 16.6 Å². The molecule has 0 aliphatic heterocycles. The first-order valence-electron chi connectivity index (χ1n) is 8.30. The fourth-order valence-corrected chi connectivity index (χ4v) is 4.65. The van der Waals surface area contributed by atoms with Crippen molar-refractivity contribution >= 4 is 60.9 Å². The van der Waals surface area contributed by atoms with Crippen molar-refractivity contribution in [3.8, 4) is 0 Å². The molecule has 28 heavy (non-hydrogen) atoms. The highest BCUT2D eigenvalue weighted by Gasteiger charge is 2.21. The average Bonchev–Trinajstić information content (AvgIpc) is 2.65. The monoisotopic (exact) mass is 495 g/mol. The maximum atomic E-state index is 13.1. The molecule has 0 aliphatic carbocycles. The summed E-state index contributed by atoms with van der Waals surface area (Å²) in [6, 6.07) is 21.3. The molecule has 0 atom stereocenters. The summed E-state index contributed by atoms with van der Waals surface area (Å²) in [4.78, 5) is 0. The van der Waals surface area contributed by atoms with Crippen LogP contribution in [0.5, 0.6) is 0 Å². The summed E-state index contributed by atoms with van der Waals surface area (Å²) < 4.78 is 28.5. The third-order valence-electron chi connectivity index (χ3n) is 3.90. The molecule has 0 heterocycles. The molecule has 3 aromatic carbocycles. The highest BCUT2D eigenvalue weighted by Crippen LogP contribution is 2.26. The van der Waals surface area contributed by atoms with Crippen LogP contribution in [0.25, 0.3) is 6.08 Å². The second-order valence-corrected chi connectivity index (χ2v) is 9.55. The first-order chi connectivity index (χ1) is 13.3. The van der Waals surface area contributed by atoms with E-state index in [2.05, 4.69) is 15.9 Å². The van der Waals surface area contributed by atoms with Gasteiger partial charge >= 0.3 is 0 Å². The molecule has 3 rings (SSSR count). The number of benzene rings is 3. The first kappa shape index (κ1) is 20.9. The Balaban J connectivity index is 1.99. The van der Waals surface area contributed by atoms with Crippen LogP contribution >= 0.6 is 39.1 Å². The topological polar surface area (TPSA) is 37.4 Å². The second-order valence-electron chi connectivity index (χ2n) is 6.02. The second kappa shape index (κ2) is 9.14. The van der Waals surface area contributed by atoms with Crippen molar-refractivity contribution in [1.82, 2.24) is 0 Å². The highest BCUT2D eigenvalue weighted by atomic mass is 79.9. The van der Waals surface area contributed by atoms with E-state index < -0.39 is 10.0 Å². The van der Waals surface area contributed by atoms with Gasteiger partial charge in [0.05, 0.1) is 17.6 Å². The number of rotatable bonds is 6. The summed E-state index contributed by atoms with van der Waals surface area (Å²) in [5, 5.41) is 2.18. The molecule has 3 nitrogen and oxygen atoms in total. The Hall–Kier alpha value is -1.79. The molecule has 144 valence electrons. The molecule has 3 aromatic rings. The minimum Gasteiger partial charge on any atom is -0.262 e. The summed E-state index contributed by atoms with van der Waals surface area (Å²) in [5.74, 6) is 0. The SMILES string of the molecule is O=S(=O)(/C=C/c1cccc(Cl)c1)N(Cc1cccc(Br)c1)c1cccc(Cl)c1. The average molecular weight is 497 g/mol. The Morgan fingerprint density at radius 3 is 2.25 bits per heavy atom. The molecule has 7 heteroatoms. The zero-order valence-corrected chi connectivity index (χ0v) is 18.5. The van der Waals surface area contributed by atoms with Crippen LogP contribution in [0, 0.1) is 0 Å². The molecule has 0 N–H and O–H groups in total.